The Morgan fingerprint density at radius 2 is 2.06 bits per heavy atom. The van der Waals surface area contributed by atoms with Gasteiger partial charge in [0.2, 0.25) is 0 Å². The van der Waals surface area contributed by atoms with Crippen LogP contribution in [0.1, 0.15) is 20.8 Å². The number of carbonyl (C=O) groups excluding carboxylic acids is 1. The average Bonchev–Trinajstić information content (AvgIpc) is 2.46. The molecule has 5 heteroatoms. The molecule has 1 aliphatic rings. The normalized spacial score (nSPS) is 25.9. The van der Waals surface area contributed by atoms with E-state index in [0.29, 0.717) is 19.7 Å². The minimum Gasteiger partial charge on any atom is -0.444 e. The molecule has 2 N–H and O–H groups in total. The Bertz CT molecular complexity index is 250. The third kappa shape index (κ3) is 3.64. The minimum absolute atomic E-state index is 0.0209. The lowest BCUT2D eigenvalue weighted by Crippen LogP contribution is -2.36. The van der Waals surface area contributed by atoms with Crippen molar-refractivity contribution < 1.29 is 14.3 Å². The van der Waals surface area contributed by atoms with Gasteiger partial charge >= 0.3 is 6.09 Å². The molecule has 2 atom stereocenters. The number of amides is 1. The molecule has 1 rings (SSSR count). The van der Waals surface area contributed by atoms with E-state index in [4.69, 9.17) is 15.2 Å². The van der Waals surface area contributed by atoms with Crippen LogP contribution in [0.3, 0.4) is 0 Å². The zero-order chi connectivity index (χ0) is 12.3. The molecule has 0 aromatic heterocycles. The number of methoxy groups -OCH3 is 1. The first-order chi connectivity index (χ1) is 7.33. The second kappa shape index (κ2) is 5.01. The molecular weight excluding hydrogens is 208 g/mol. The fraction of sp³-hybridized carbons (Fsp3) is 0.909. The summed E-state index contributed by atoms with van der Waals surface area (Å²) in [6, 6.07) is -0.0209. The highest BCUT2D eigenvalue weighted by molar-refractivity contribution is 5.68. The average molecular weight is 230 g/mol. The second-order valence-electron chi connectivity index (χ2n) is 5.26. The number of rotatable bonds is 2. The molecule has 0 radical (unpaired) electrons. The van der Waals surface area contributed by atoms with E-state index in [-0.39, 0.29) is 18.1 Å². The largest absolute Gasteiger partial charge is 0.444 e. The van der Waals surface area contributed by atoms with E-state index >= 15 is 0 Å². The van der Waals surface area contributed by atoms with E-state index < -0.39 is 5.60 Å². The molecule has 94 valence electrons. The highest BCUT2D eigenvalue weighted by Crippen LogP contribution is 2.18. The van der Waals surface area contributed by atoms with Crippen LogP contribution >= 0.6 is 0 Å². The summed E-state index contributed by atoms with van der Waals surface area (Å²) < 4.78 is 10.4. The fourth-order valence-electron chi connectivity index (χ4n) is 1.76. The van der Waals surface area contributed by atoms with Crippen molar-refractivity contribution in [3.05, 3.63) is 0 Å². The second-order valence-corrected chi connectivity index (χ2v) is 5.26. The Morgan fingerprint density at radius 1 is 1.44 bits per heavy atom. The van der Waals surface area contributed by atoms with Gasteiger partial charge in [-0.1, -0.05) is 0 Å². The van der Waals surface area contributed by atoms with Gasteiger partial charge in [-0.15, -0.1) is 0 Å². The summed E-state index contributed by atoms with van der Waals surface area (Å²) in [5.74, 6) is 0.206. The van der Waals surface area contributed by atoms with Gasteiger partial charge in [0.1, 0.15) is 5.60 Å². The molecule has 1 fully saturated rings. The molecule has 5 nitrogen and oxygen atoms in total. The fourth-order valence-corrected chi connectivity index (χ4v) is 1.76. The summed E-state index contributed by atoms with van der Waals surface area (Å²) in [5.41, 5.74) is 5.47. The summed E-state index contributed by atoms with van der Waals surface area (Å²) in [5, 5.41) is 0. The molecule has 1 heterocycles. The van der Waals surface area contributed by atoms with Crippen LogP contribution in [0.5, 0.6) is 0 Å². The molecular formula is C11H22N2O3. The molecule has 1 saturated heterocycles. The molecule has 0 unspecified atom stereocenters. The van der Waals surface area contributed by atoms with E-state index in [9.17, 15) is 4.79 Å². The first kappa shape index (κ1) is 13.3. The zero-order valence-corrected chi connectivity index (χ0v) is 10.5. The molecule has 0 aromatic rings. The van der Waals surface area contributed by atoms with E-state index in [0.717, 1.165) is 0 Å². The van der Waals surface area contributed by atoms with Crippen molar-refractivity contribution in [3.8, 4) is 0 Å². The first-order valence-corrected chi connectivity index (χ1v) is 5.56. The number of hydrogen-bond donors (Lipinski definition) is 1. The van der Waals surface area contributed by atoms with Crippen molar-refractivity contribution in [3.63, 3.8) is 0 Å². The number of nitrogens with zero attached hydrogens (tertiary/aromatic N) is 1. The monoisotopic (exact) mass is 230 g/mol. The Balaban J connectivity index is 2.48. The van der Waals surface area contributed by atoms with E-state index in [1.54, 1.807) is 12.0 Å². The van der Waals surface area contributed by atoms with Gasteiger partial charge < -0.3 is 20.1 Å². The molecule has 1 amide bonds. The lowest BCUT2D eigenvalue weighted by atomic mass is 10.1. The highest BCUT2D eigenvalue weighted by Gasteiger charge is 2.34. The maximum atomic E-state index is 11.8. The van der Waals surface area contributed by atoms with Crippen LogP contribution in [0.4, 0.5) is 4.79 Å². The van der Waals surface area contributed by atoms with Crippen molar-refractivity contribution in [1.29, 1.82) is 0 Å². The molecule has 0 aromatic carbocycles. The van der Waals surface area contributed by atoms with Crippen molar-refractivity contribution in [2.75, 3.05) is 26.8 Å². The van der Waals surface area contributed by atoms with Crippen LogP contribution in [-0.4, -0.2) is 49.4 Å². The Labute approximate surface area is 96.9 Å². The number of nitrogens with two attached hydrogens (primary N) is 1. The number of likely N-dealkylation sites (tertiary alicyclic amines) is 1. The lowest BCUT2D eigenvalue weighted by molar-refractivity contribution is 0.0279. The number of hydrogen-bond acceptors (Lipinski definition) is 4. The predicted molar refractivity (Wildman–Crippen MR) is 61.1 cm³/mol. The minimum atomic E-state index is -0.458. The summed E-state index contributed by atoms with van der Waals surface area (Å²) in [4.78, 5) is 13.4. The topological polar surface area (TPSA) is 64.8 Å². The highest BCUT2D eigenvalue weighted by atomic mass is 16.6. The van der Waals surface area contributed by atoms with Gasteiger partial charge in [-0.25, -0.2) is 4.79 Å². The van der Waals surface area contributed by atoms with Gasteiger partial charge in [0.25, 0.3) is 0 Å². The van der Waals surface area contributed by atoms with E-state index in [1.165, 1.54) is 0 Å². The van der Waals surface area contributed by atoms with Gasteiger partial charge in [0.15, 0.2) is 0 Å². The quantitative estimate of drug-likeness (QED) is 0.763. The summed E-state index contributed by atoms with van der Waals surface area (Å²) >= 11 is 0. The van der Waals surface area contributed by atoms with Crippen LogP contribution in [0.2, 0.25) is 0 Å². The summed E-state index contributed by atoms with van der Waals surface area (Å²) in [6.45, 7) is 7.31. The standard InChI is InChI=1S/C11H22N2O3/c1-11(2,3)16-10(14)13-5-8(7-15-4)9(12)6-13/h8-9H,5-7,12H2,1-4H3/t8-,9+/m1/s1. The van der Waals surface area contributed by atoms with Crippen LogP contribution < -0.4 is 5.73 Å². The van der Waals surface area contributed by atoms with Gasteiger partial charge in [-0.2, -0.15) is 0 Å². The summed E-state index contributed by atoms with van der Waals surface area (Å²) in [6.07, 6.45) is -0.290. The van der Waals surface area contributed by atoms with Crippen LogP contribution in [0.15, 0.2) is 0 Å². The third-order valence-corrected chi connectivity index (χ3v) is 2.52. The number of carbonyl (C=O) groups is 1. The van der Waals surface area contributed by atoms with Crippen molar-refractivity contribution in [2.45, 2.75) is 32.4 Å². The smallest absolute Gasteiger partial charge is 0.410 e. The lowest BCUT2D eigenvalue weighted by Gasteiger charge is -2.24. The van der Waals surface area contributed by atoms with Crippen molar-refractivity contribution in [2.24, 2.45) is 11.7 Å². The first-order valence-electron chi connectivity index (χ1n) is 5.56. The van der Waals surface area contributed by atoms with Gasteiger partial charge in [0.05, 0.1) is 6.61 Å². The predicted octanol–water partition coefficient (Wildman–Crippen LogP) is 0.827. The Hall–Kier alpha value is -0.810. The number of ether oxygens (including phenoxy) is 2. The van der Waals surface area contributed by atoms with Crippen molar-refractivity contribution >= 4 is 6.09 Å². The van der Waals surface area contributed by atoms with Gasteiger partial charge in [-0.05, 0) is 20.8 Å². The Morgan fingerprint density at radius 3 is 2.56 bits per heavy atom. The zero-order valence-electron chi connectivity index (χ0n) is 10.5. The molecule has 0 bridgehead atoms. The molecule has 0 aliphatic carbocycles. The van der Waals surface area contributed by atoms with Crippen LogP contribution in [0, 0.1) is 5.92 Å². The molecule has 0 spiro atoms. The molecule has 16 heavy (non-hydrogen) atoms. The van der Waals surface area contributed by atoms with E-state index in [2.05, 4.69) is 0 Å². The SMILES string of the molecule is COC[C@H]1CN(C(=O)OC(C)(C)C)C[C@@H]1N. The third-order valence-electron chi connectivity index (χ3n) is 2.52. The van der Waals surface area contributed by atoms with Gasteiger partial charge in [-0.3, -0.25) is 0 Å². The molecule has 0 saturated carbocycles. The van der Waals surface area contributed by atoms with E-state index in [1.807, 2.05) is 20.8 Å². The summed E-state index contributed by atoms with van der Waals surface area (Å²) in [7, 11) is 1.64. The van der Waals surface area contributed by atoms with Gasteiger partial charge in [0, 0.05) is 32.2 Å². The molecule has 1 aliphatic heterocycles. The van der Waals surface area contributed by atoms with Crippen LogP contribution in [0.25, 0.3) is 0 Å². The Kier molecular flexibility index (Phi) is 4.15. The van der Waals surface area contributed by atoms with Crippen LogP contribution in [-0.2, 0) is 9.47 Å². The maximum absolute atomic E-state index is 11.8. The van der Waals surface area contributed by atoms with Crippen molar-refractivity contribution in [1.82, 2.24) is 4.90 Å². The maximum Gasteiger partial charge on any atom is 0.410 e.